The van der Waals surface area contributed by atoms with Gasteiger partial charge in [0.25, 0.3) is 0 Å². The fourth-order valence-electron chi connectivity index (χ4n) is 3.43. The van der Waals surface area contributed by atoms with E-state index in [9.17, 15) is 4.79 Å². The van der Waals surface area contributed by atoms with Gasteiger partial charge in [0.1, 0.15) is 6.10 Å². The maximum absolute atomic E-state index is 12.4. The molecule has 0 radical (unpaired) electrons. The summed E-state index contributed by atoms with van der Waals surface area (Å²) in [7, 11) is 0. The molecular formula is C24H32O2. The Balaban J connectivity index is 2.14. The second-order valence-electron chi connectivity index (χ2n) is 7.69. The molecule has 0 aromatic heterocycles. The Kier molecular flexibility index (Phi) is 7.90. The number of carbonyl (C=O) groups is 1. The number of ether oxygens (including phenoxy) is 1. The minimum Gasteiger partial charge on any atom is -0.455 e. The average molecular weight is 353 g/mol. The van der Waals surface area contributed by atoms with Gasteiger partial charge in [-0.15, -0.1) is 0 Å². The molecule has 0 saturated carbocycles. The number of esters is 1. The van der Waals surface area contributed by atoms with E-state index in [2.05, 4.69) is 39.8 Å². The first-order chi connectivity index (χ1) is 12.5. The SMILES string of the molecule is CC1=C[C@H](OC(=O)C=Cc2ccccc2)[C@H](C(C)C)CCC(C)=CCC1. The summed E-state index contributed by atoms with van der Waals surface area (Å²) in [6.07, 6.45) is 11.9. The third-order valence-corrected chi connectivity index (χ3v) is 5.09. The summed E-state index contributed by atoms with van der Waals surface area (Å²) in [5.41, 5.74) is 3.74. The van der Waals surface area contributed by atoms with Gasteiger partial charge in [0.2, 0.25) is 0 Å². The summed E-state index contributed by atoms with van der Waals surface area (Å²) in [4.78, 5) is 12.4. The van der Waals surface area contributed by atoms with Crippen molar-refractivity contribution in [1.82, 2.24) is 0 Å². The van der Waals surface area contributed by atoms with Gasteiger partial charge in [-0.2, -0.15) is 0 Å². The molecule has 0 fully saturated rings. The van der Waals surface area contributed by atoms with E-state index in [1.807, 2.05) is 36.4 Å². The lowest BCUT2D eigenvalue weighted by molar-refractivity contribution is -0.143. The van der Waals surface area contributed by atoms with Crippen molar-refractivity contribution >= 4 is 12.0 Å². The number of rotatable bonds is 4. The first kappa shape index (κ1) is 20.2. The Morgan fingerprint density at radius 3 is 2.54 bits per heavy atom. The van der Waals surface area contributed by atoms with Crippen molar-refractivity contribution in [2.75, 3.05) is 0 Å². The lowest BCUT2D eigenvalue weighted by Gasteiger charge is -2.29. The second kappa shape index (κ2) is 10.2. The summed E-state index contributed by atoms with van der Waals surface area (Å²) in [5, 5.41) is 0. The maximum atomic E-state index is 12.4. The Labute approximate surface area is 158 Å². The molecular weight excluding hydrogens is 320 g/mol. The van der Waals surface area contributed by atoms with Crippen LogP contribution in [-0.2, 0) is 9.53 Å². The highest BCUT2D eigenvalue weighted by Gasteiger charge is 2.26. The molecule has 1 aliphatic rings. The summed E-state index contributed by atoms with van der Waals surface area (Å²) < 4.78 is 5.90. The molecule has 0 unspecified atom stereocenters. The Morgan fingerprint density at radius 1 is 1.12 bits per heavy atom. The van der Waals surface area contributed by atoms with Crippen LogP contribution in [0.4, 0.5) is 0 Å². The van der Waals surface area contributed by atoms with Crippen LogP contribution in [0.15, 0.2) is 59.7 Å². The summed E-state index contributed by atoms with van der Waals surface area (Å²) in [6.45, 7) is 8.79. The highest BCUT2D eigenvalue weighted by molar-refractivity contribution is 5.87. The number of hydrogen-bond donors (Lipinski definition) is 0. The third-order valence-electron chi connectivity index (χ3n) is 5.09. The second-order valence-corrected chi connectivity index (χ2v) is 7.69. The lowest BCUT2D eigenvalue weighted by atomic mass is 9.83. The van der Waals surface area contributed by atoms with Crippen molar-refractivity contribution in [3.05, 3.63) is 65.3 Å². The number of benzene rings is 1. The molecule has 1 aromatic rings. The van der Waals surface area contributed by atoms with E-state index < -0.39 is 0 Å². The summed E-state index contributed by atoms with van der Waals surface area (Å²) >= 11 is 0. The molecule has 0 N–H and O–H groups in total. The zero-order valence-corrected chi connectivity index (χ0v) is 16.6. The van der Waals surface area contributed by atoms with Gasteiger partial charge in [0.05, 0.1) is 0 Å². The molecule has 0 heterocycles. The van der Waals surface area contributed by atoms with E-state index in [1.165, 1.54) is 11.1 Å². The first-order valence-corrected chi connectivity index (χ1v) is 9.72. The van der Waals surface area contributed by atoms with Gasteiger partial charge in [-0.1, -0.05) is 61.4 Å². The molecule has 0 saturated heterocycles. The molecule has 2 atom stereocenters. The van der Waals surface area contributed by atoms with Crippen molar-refractivity contribution in [3.63, 3.8) is 0 Å². The van der Waals surface area contributed by atoms with Gasteiger partial charge in [-0.05, 0) is 63.2 Å². The molecule has 2 nitrogen and oxygen atoms in total. The van der Waals surface area contributed by atoms with Crippen LogP contribution in [0.3, 0.4) is 0 Å². The van der Waals surface area contributed by atoms with Crippen LogP contribution in [0.5, 0.6) is 0 Å². The summed E-state index contributed by atoms with van der Waals surface area (Å²) in [5.74, 6) is 0.528. The van der Waals surface area contributed by atoms with E-state index in [-0.39, 0.29) is 12.1 Å². The molecule has 1 aromatic carbocycles. The van der Waals surface area contributed by atoms with Crippen LogP contribution >= 0.6 is 0 Å². The molecule has 2 rings (SSSR count). The maximum Gasteiger partial charge on any atom is 0.331 e. The van der Waals surface area contributed by atoms with E-state index in [4.69, 9.17) is 4.74 Å². The van der Waals surface area contributed by atoms with Crippen LogP contribution in [0.25, 0.3) is 6.08 Å². The van der Waals surface area contributed by atoms with E-state index in [1.54, 1.807) is 6.08 Å². The molecule has 1 aliphatic carbocycles. The minimum absolute atomic E-state index is 0.158. The molecule has 0 spiro atoms. The standard InChI is InChI=1S/C24H32O2/c1-18(2)22-15-13-19(3)9-8-10-20(4)17-23(22)26-24(25)16-14-21-11-6-5-7-12-21/h5-7,9,11-12,14,16-18,22-23H,8,10,13,15H2,1-4H3/t22-,23-/m0/s1. The van der Waals surface area contributed by atoms with Crippen LogP contribution < -0.4 is 0 Å². The van der Waals surface area contributed by atoms with Gasteiger partial charge >= 0.3 is 5.97 Å². The van der Waals surface area contributed by atoms with Gasteiger partial charge < -0.3 is 4.74 Å². The van der Waals surface area contributed by atoms with Crippen LogP contribution in [0.1, 0.15) is 58.9 Å². The fourth-order valence-corrected chi connectivity index (χ4v) is 3.43. The molecule has 0 amide bonds. The van der Waals surface area contributed by atoms with E-state index >= 15 is 0 Å². The van der Waals surface area contributed by atoms with Crippen molar-refractivity contribution in [2.24, 2.45) is 11.8 Å². The average Bonchev–Trinajstić information content (AvgIpc) is 2.60. The predicted octanol–water partition coefficient (Wildman–Crippen LogP) is 6.35. The zero-order chi connectivity index (χ0) is 18.9. The topological polar surface area (TPSA) is 26.3 Å². The van der Waals surface area contributed by atoms with Crippen molar-refractivity contribution in [2.45, 2.75) is 59.5 Å². The fraction of sp³-hybridized carbons (Fsp3) is 0.458. The highest BCUT2D eigenvalue weighted by atomic mass is 16.5. The third kappa shape index (κ3) is 6.67. The largest absolute Gasteiger partial charge is 0.455 e. The van der Waals surface area contributed by atoms with E-state index in [0.717, 1.165) is 31.2 Å². The Morgan fingerprint density at radius 2 is 1.85 bits per heavy atom. The van der Waals surface area contributed by atoms with Crippen LogP contribution in [-0.4, -0.2) is 12.1 Å². The van der Waals surface area contributed by atoms with Gasteiger partial charge in [-0.3, -0.25) is 0 Å². The van der Waals surface area contributed by atoms with Gasteiger partial charge in [0, 0.05) is 12.0 Å². The van der Waals surface area contributed by atoms with Crippen molar-refractivity contribution in [1.29, 1.82) is 0 Å². The minimum atomic E-state index is -0.266. The quantitative estimate of drug-likeness (QED) is 0.358. The lowest BCUT2D eigenvalue weighted by Crippen LogP contribution is -2.29. The molecule has 2 heteroatoms. The summed E-state index contributed by atoms with van der Waals surface area (Å²) in [6, 6.07) is 9.84. The molecule has 26 heavy (non-hydrogen) atoms. The normalized spacial score (nSPS) is 22.0. The van der Waals surface area contributed by atoms with Crippen LogP contribution in [0.2, 0.25) is 0 Å². The smallest absolute Gasteiger partial charge is 0.331 e. The Bertz CT molecular complexity index is 665. The number of allylic oxidation sites excluding steroid dienone is 3. The van der Waals surface area contributed by atoms with E-state index in [0.29, 0.717) is 11.8 Å². The van der Waals surface area contributed by atoms with Gasteiger partial charge in [0.15, 0.2) is 0 Å². The number of hydrogen-bond acceptors (Lipinski definition) is 2. The molecule has 140 valence electrons. The molecule has 0 bridgehead atoms. The van der Waals surface area contributed by atoms with Crippen molar-refractivity contribution < 1.29 is 9.53 Å². The highest BCUT2D eigenvalue weighted by Crippen LogP contribution is 2.29. The predicted molar refractivity (Wildman–Crippen MR) is 110 cm³/mol. The number of carbonyl (C=O) groups excluding carboxylic acids is 1. The zero-order valence-electron chi connectivity index (χ0n) is 16.6. The molecule has 0 aliphatic heterocycles. The van der Waals surface area contributed by atoms with Crippen molar-refractivity contribution in [3.8, 4) is 0 Å². The Hall–Kier alpha value is -2.09. The van der Waals surface area contributed by atoms with Gasteiger partial charge in [-0.25, -0.2) is 4.79 Å². The first-order valence-electron chi connectivity index (χ1n) is 9.72. The van der Waals surface area contributed by atoms with Crippen LogP contribution in [0, 0.1) is 11.8 Å². The monoisotopic (exact) mass is 352 g/mol.